The van der Waals surface area contributed by atoms with E-state index in [-0.39, 0.29) is 18.1 Å². The minimum atomic E-state index is -0.223. The van der Waals surface area contributed by atoms with E-state index in [0.717, 1.165) is 5.39 Å². The van der Waals surface area contributed by atoms with Gasteiger partial charge in [-0.1, -0.05) is 0 Å². The minimum absolute atomic E-state index is 0.164. The van der Waals surface area contributed by atoms with E-state index in [1.807, 2.05) is 0 Å². The summed E-state index contributed by atoms with van der Waals surface area (Å²) in [5.74, 6) is -0.406. The van der Waals surface area contributed by atoms with Crippen LogP contribution in [-0.2, 0) is 6.61 Å². The van der Waals surface area contributed by atoms with E-state index in [4.69, 9.17) is 5.11 Å². The first kappa shape index (κ1) is 7.94. The second-order valence-electron chi connectivity index (χ2n) is 2.83. The van der Waals surface area contributed by atoms with Crippen molar-refractivity contribution >= 4 is 10.9 Å². The van der Waals surface area contributed by atoms with E-state index < -0.39 is 0 Å². The van der Waals surface area contributed by atoms with Crippen LogP contribution in [0, 0.1) is 0 Å². The van der Waals surface area contributed by atoms with Gasteiger partial charge in [0.15, 0.2) is 11.5 Å². The lowest BCUT2D eigenvalue weighted by molar-refractivity contribution is 0.282. The Bertz CT molecular complexity index is 447. The van der Waals surface area contributed by atoms with Gasteiger partial charge in [-0.3, -0.25) is 0 Å². The molecule has 4 N–H and O–H groups in total. The van der Waals surface area contributed by atoms with Gasteiger partial charge in [-0.15, -0.1) is 0 Å². The third kappa shape index (κ3) is 1.03. The molecule has 1 aromatic carbocycles. The van der Waals surface area contributed by atoms with Crippen LogP contribution in [0.1, 0.15) is 5.56 Å². The lowest BCUT2D eigenvalue weighted by Gasteiger charge is -2.03. The summed E-state index contributed by atoms with van der Waals surface area (Å²) in [7, 11) is 0. The number of aromatic amines is 1. The summed E-state index contributed by atoms with van der Waals surface area (Å²) in [6, 6.07) is 3.09. The maximum Gasteiger partial charge on any atom is 0.182 e. The molecule has 4 nitrogen and oxygen atoms in total. The van der Waals surface area contributed by atoms with Gasteiger partial charge >= 0.3 is 0 Å². The lowest BCUT2D eigenvalue weighted by atomic mass is 10.1. The molecule has 0 spiro atoms. The maximum atomic E-state index is 9.40. The molecule has 0 bridgehead atoms. The molecule has 0 saturated carbocycles. The monoisotopic (exact) mass is 179 g/mol. The topological polar surface area (TPSA) is 76.5 Å². The van der Waals surface area contributed by atoms with Crippen molar-refractivity contribution in [3.63, 3.8) is 0 Å². The fourth-order valence-electron chi connectivity index (χ4n) is 1.40. The van der Waals surface area contributed by atoms with E-state index in [9.17, 15) is 10.2 Å². The van der Waals surface area contributed by atoms with Crippen LogP contribution in [0.15, 0.2) is 18.3 Å². The van der Waals surface area contributed by atoms with Crippen molar-refractivity contribution in [1.82, 2.24) is 4.98 Å². The van der Waals surface area contributed by atoms with Gasteiger partial charge in [-0.05, 0) is 17.7 Å². The highest BCUT2D eigenvalue weighted by Gasteiger charge is 2.10. The first-order valence-electron chi connectivity index (χ1n) is 3.86. The summed E-state index contributed by atoms with van der Waals surface area (Å²) in [6.45, 7) is -0.164. The Labute approximate surface area is 74.1 Å². The Morgan fingerprint density at radius 3 is 2.77 bits per heavy atom. The number of H-pyrrole nitrogens is 1. The number of phenols is 2. The van der Waals surface area contributed by atoms with Gasteiger partial charge in [0.25, 0.3) is 0 Å². The summed E-state index contributed by atoms with van der Waals surface area (Å²) in [4.78, 5) is 2.78. The summed E-state index contributed by atoms with van der Waals surface area (Å²) < 4.78 is 0. The molecule has 68 valence electrons. The zero-order valence-corrected chi connectivity index (χ0v) is 6.78. The number of fused-ring (bicyclic) bond motifs is 1. The average molecular weight is 179 g/mol. The number of aliphatic hydroxyl groups excluding tert-OH is 1. The molecule has 0 aliphatic heterocycles. The van der Waals surface area contributed by atoms with Crippen LogP contribution in [0.5, 0.6) is 11.5 Å². The molecule has 13 heavy (non-hydrogen) atoms. The van der Waals surface area contributed by atoms with Crippen LogP contribution >= 0.6 is 0 Å². The van der Waals surface area contributed by atoms with Crippen molar-refractivity contribution in [3.05, 3.63) is 23.9 Å². The molecule has 0 unspecified atom stereocenters. The van der Waals surface area contributed by atoms with E-state index in [1.165, 1.54) is 6.07 Å². The van der Waals surface area contributed by atoms with Gasteiger partial charge in [-0.25, -0.2) is 0 Å². The van der Waals surface area contributed by atoms with Gasteiger partial charge < -0.3 is 20.3 Å². The Balaban J connectivity index is 2.87. The van der Waals surface area contributed by atoms with Crippen LogP contribution in [0.25, 0.3) is 10.9 Å². The second kappa shape index (κ2) is 2.67. The van der Waals surface area contributed by atoms with Crippen molar-refractivity contribution in [1.29, 1.82) is 0 Å². The van der Waals surface area contributed by atoms with Crippen LogP contribution in [0.2, 0.25) is 0 Å². The van der Waals surface area contributed by atoms with E-state index in [0.29, 0.717) is 11.1 Å². The lowest BCUT2D eigenvalue weighted by Crippen LogP contribution is -1.84. The smallest absolute Gasteiger partial charge is 0.182 e. The van der Waals surface area contributed by atoms with Crippen LogP contribution in [0.4, 0.5) is 0 Å². The number of rotatable bonds is 1. The van der Waals surface area contributed by atoms with Gasteiger partial charge in [-0.2, -0.15) is 0 Å². The van der Waals surface area contributed by atoms with Crippen molar-refractivity contribution in [3.8, 4) is 11.5 Å². The zero-order valence-electron chi connectivity index (χ0n) is 6.78. The second-order valence-corrected chi connectivity index (χ2v) is 2.83. The van der Waals surface area contributed by atoms with Crippen molar-refractivity contribution < 1.29 is 15.3 Å². The summed E-state index contributed by atoms with van der Waals surface area (Å²) in [6.07, 6.45) is 1.64. The molecule has 2 rings (SSSR count). The molecular weight excluding hydrogens is 170 g/mol. The minimum Gasteiger partial charge on any atom is -0.504 e. The largest absolute Gasteiger partial charge is 0.504 e. The molecule has 0 fully saturated rings. The molecule has 2 aromatic rings. The molecule has 0 atom stereocenters. The first-order chi connectivity index (χ1) is 6.24. The average Bonchev–Trinajstić information content (AvgIpc) is 2.60. The van der Waals surface area contributed by atoms with Crippen LogP contribution < -0.4 is 0 Å². The Kier molecular flexibility index (Phi) is 1.63. The molecule has 0 aliphatic carbocycles. The number of nitrogens with one attached hydrogen (secondary N) is 1. The van der Waals surface area contributed by atoms with E-state index >= 15 is 0 Å². The number of hydrogen-bond acceptors (Lipinski definition) is 3. The first-order valence-corrected chi connectivity index (χ1v) is 3.86. The Morgan fingerprint density at radius 2 is 2.08 bits per heavy atom. The zero-order chi connectivity index (χ0) is 9.42. The SMILES string of the molecule is OCc1cc(O)c(O)c2[nH]ccc12. The fraction of sp³-hybridized carbons (Fsp3) is 0.111. The third-order valence-electron chi connectivity index (χ3n) is 2.05. The van der Waals surface area contributed by atoms with Gasteiger partial charge in [0, 0.05) is 11.6 Å². The van der Waals surface area contributed by atoms with Crippen molar-refractivity contribution in [2.24, 2.45) is 0 Å². The van der Waals surface area contributed by atoms with Gasteiger partial charge in [0.2, 0.25) is 0 Å². The predicted molar refractivity (Wildman–Crippen MR) is 47.6 cm³/mol. The van der Waals surface area contributed by atoms with Crippen molar-refractivity contribution in [2.75, 3.05) is 0 Å². The fourth-order valence-corrected chi connectivity index (χ4v) is 1.40. The summed E-state index contributed by atoms with van der Waals surface area (Å²) >= 11 is 0. The highest BCUT2D eigenvalue weighted by molar-refractivity contribution is 5.90. The molecule has 0 aliphatic rings. The standard InChI is InChI=1S/C9H9NO3/c11-4-5-3-7(12)9(13)8-6(5)1-2-10-8/h1-3,10-13H,4H2. The molecule has 0 radical (unpaired) electrons. The number of hydrogen-bond donors (Lipinski definition) is 4. The van der Waals surface area contributed by atoms with Crippen LogP contribution in [0.3, 0.4) is 0 Å². The Morgan fingerprint density at radius 1 is 1.31 bits per heavy atom. The van der Waals surface area contributed by atoms with E-state index in [1.54, 1.807) is 12.3 Å². The third-order valence-corrected chi connectivity index (χ3v) is 2.05. The highest BCUT2D eigenvalue weighted by Crippen LogP contribution is 2.35. The molecular formula is C9H9NO3. The molecule has 0 saturated heterocycles. The van der Waals surface area contributed by atoms with Crippen LogP contribution in [-0.4, -0.2) is 20.3 Å². The number of phenolic OH excluding ortho intramolecular Hbond substituents is 2. The van der Waals surface area contributed by atoms with Gasteiger partial charge in [0.05, 0.1) is 12.1 Å². The number of aliphatic hydroxyl groups is 1. The predicted octanol–water partition coefficient (Wildman–Crippen LogP) is 1.07. The summed E-state index contributed by atoms with van der Waals surface area (Å²) in [5, 5.41) is 28.4. The van der Waals surface area contributed by atoms with E-state index in [2.05, 4.69) is 4.98 Å². The molecule has 4 heteroatoms. The van der Waals surface area contributed by atoms with Crippen molar-refractivity contribution in [2.45, 2.75) is 6.61 Å². The normalized spacial score (nSPS) is 10.8. The number of aromatic hydroxyl groups is 2. The quantitative estimate of drug-likeness (QED) is 0.494. The number of aromatic nitrogens is 1. The van der Waals surface area contributed by atoms with Gasteiger partial charge in [0.1, 0.15) is 0 Å². The maximum absolute atomic E-state index is 9.40. The highest BCUT2D eigenvalue weighted by atomic mass is 16.3. The molecule has 0 amide bonds. The number of benzene rings is 1. The molecule has 1 aromatic heterocycles. The Hall–Kier alpha value is -1.68. The molecule has 1 heterocycles. The summed E-state index contributed by atoms with van der Waals surface area (Å²) in [5.41, 5.74) is 1.04.